The Morgan fingerprint density at radius 1 is 1.46 bits per heavy atom. The van der Waals surface area contributed by atoms with E-state index in [2.05, 4.69) is 10.0 Å². The van der Waals surface area contributed by atoms with E-state index in [0.29, 0.717) is 11.4 Å². The summed E-state index contributed by atoms with van der Waals surface area (Å²) in [6.45, 7) is 0.137. The van der Waals surface area contributed by atoms with E-state index in [0.717, 1.165) is 0 Å². The van der Waals surface area contributed by atoms with Crippen LogP contribution in [0.3, 0.4) is 0 Å². The quantitative estimate of drug-likeness (QED) is 0.308. The maximum absolute atomic E-state index is 8.24. The Balaban J connectivity index is 2.84. The zero-order valence-corrected chi connectivity index (χ0v) is 7.17. The van der Waals surface area contributed by atoms with Crippen molar-refractivity contribution in [2.24, 2.45) is 5.11 Å². The Labute approximate surface area is 75.5 Å². The molecule has 5 heteroatoms. The molecule has 0 atom stereocenters. The van der Waals surface area contributed by atoms with Crippen LogP contribution in [0.5, 0.6) is 5.75 Å². The number of hydrogen-bond donors (Lipinski definition) is 0. The molecule has 0 aliphatic heterocycles. The second-order valence-corrected chi connectivity index (χ2v) is 2.21. The average molecular weight is 179 g/mol. The van der Waals surface area contributed by atoms with Crippen LogP contribution in [-0.2, 0) is 4.74 Å². The lowest BCUT2D eigenvalue weighted by atomic mass is 10.3. The van der Waals surface area contributed by atoms with Crippen molar-refractivity contribution in [2.75, 3.05) is 13.9 Å². The summed E-state index contributed by atoms with van der Waals surface area (Å²) in [5.41, 5.74) is 8.70. The molecule has 0 aliphatic carbocycles. The molecule has 5 nitrogen and oxygen atoms in total. The number of rotatable bonds is 4. The van der Waals surface area contributed by atoms with Gasteiger partial charge >= 0.3 is 0 Å². The van der Waals surface area contributed by atoms with Gasteiger partial charge in [-0.15, -0.1) is 0 Å². The van der Waals surface area contributed by atoms with Crippen LogP contribution in [0.4, 0.5) is 5.69 Å². The first-order chi connectivity index (χ1) is 6.38. The van der Waals surface area contributed by atoms with Crippen molar-refractivity contribution in [1.82, 2.24) is 0 Å². The number of para-hydroxylation sites is 1. The first-order valence-corrected chi connectivity index (χ1v) is 3.64. The van der Waals surface area contributed by atoms with E-state index in [9.17, 15) is 0 Å². The molecule has 0 radical (unpaired) electrons. The molecule has 1 aromatic rings. The molecule has 0 bridgehead atoms. The van der Waals surface area contributed by atoms with Crippen LogP contribution in [0.15, 0.2) is 29.4 Å². The third kappa shape index (κ3) is 2.66. The summed E-state index contributed by atoms with van der Waals surface area (Å²) in [6, 6.07) is 6.94. The molecule has 68 valence electrons. The number of benzene rings is 1. The van der Waals surface area contributed by atoms with E-state index in [1.807, 2.05) is 0 Å². The lowest BCUT2D eigenvalue weighted by Crippen LogP contribution is -1.98. The predicted octanol–water partition coefficient (Wildman–Crippen LogP) is 2.61. The van der Waals surface area contributed by atoms with E-state index >= 15 is 0 Å². The van der Waals surface area contributed by atoms with Gasteiger partial charge in [0.25, 0.3) is 0 Å². The Kier molecular flexibility index (Phi) is 3.63. The topological polar surface area (TPSA) is 67.2 Å². The zero-order chi connectivity index (χ0) is 9.52. The van der Waals surface area contributed by atoms with Crippen LogP contribution in [0.25, 0.3) is 10.4 Å². The van der Waals surface area contributed by atoms with Crippen LogP contribution in [-0.4, -0.2) is 13.9 Å². The van der Waals surface area contributed by atoms with Crippen molar-refractivity contribution in [3.05, 3.63) is 34.7 Å². The SMILES string of the molecule is COCOc1ccccc1N=[N+]=[N-]. The smallest absolute Gasteiger partial charge is 0.188 e. The van der Waals surface area contributed by atoms with Gasteiger partial charge in [0.05, 0.1) is 5.69 Å². The van der Waals surface area contributed by atoms with Crippen molar-refractivity contribution < 1.29 is 9.47 Å². The molecule has 0 N–H and O–H groups in total. The Morgan fingerprint density at radius 2 is 2.23 bits per heavy atom. The summed E-state index contributed by atoms with van der Waals surface area (Å²) in [6.07, 6.45) is 0. The monoisotopic (exact) mass is 179 g/mol. The summed E-state index contributed by atoms with van der Waals surface area (Å²) in [5.74, 6) is 0.516. The third-order valence-electron chi connectivity index (χ3n) is 1.35. The minimum absolute atomic E-state index is 0.137. The van der Waals surface area contributed by atoms with Gasteiger partial charge in [-0.2, -0.15) is 0 Å². The van der Waals surface area contributed by atoms with Crippen LogP contribution >= 0.6 is 0 Å². The highest BCUT2D eigenvalue weighted by atomic mass is 16.7. The molecule has 0 fully saturated rings. The molecule has 0 heterocycles. The van der Waals surface area contributed by atoms with E-state index in [-0.39, 0.29) is 6.79 Å². The molecular formula is C8H9N3O2. The van der Waals surface area contributed by atoms with Crippen molar-refractivity contribution >= 4 is 5.69 Å². The fourth-order valence-electron chi connectivity index (χ4n) is 0.832. The Bertz CT molecular complexity index is 321. The van der Waals surface area contributed by atoms with Gasteiger partial charge in [-0.05, 0) is 17.7 Å². The standard InChI is InChI=1S/C8H9N3O2/c1-12-6-13-8-5-3-2-4-7(8)10-11-9/h2-5H,6H2,1H3. The van der Waals surface area contributed by atoms with E-state index in [1.165, 1.54) is 7.11 Å². The van der Waals surface area contributed by atoms with Gasteiger partial charge in [-0.3, -0.25) is 0 Å². The normalized spacial score (nSPS) is 9.00. The van der Waals surface area contributed by atoms with Gasteiger partial charge in [-0.25, -0.2) is 0 Å². The fourth-order valence-corrected chi connectivity index (χ4v) is 0.832. The molecule has 0 unspecified atom stereocenters. The van der Waals surface area contributed by atoms with Gasteiger partial charge in [0.2, 0.25) is 0 Å². The Hall–Kier alpha value is -1.71. The lowest BCUT2D eigenvalue weighted by Gasteiger charge is -2.05. The molecule has 0 aromatic heterocycles. The van der Waals surface area contributed by atoms with Gasteiger partial charge in [0.15, 0.2) is 6.79 Å². The van der Waals surface area contributed by atoms with E-state index < -0.39 is 0 Å². The molecule has 0 aliphatic rings. The maximum Gasteiger partial charge on any atom is 0.188 e. The molecule has 0 amide bonds. The largest absolute Gasteiger partial charge is 0.467 e. The van der Waals surface area contributed by atoms with Gasteiger partial charge in [0.1, 0.15) is 5.75 Å². The van der Waals surface area contributed by atoms with Crippen molar-refractivity contribution in [3.63, 3.8) is 0 Å². The van der Waals surface area contributed by atoms with Crippen LogP contribution in [0.1, 0.15) is 0 Å². The third-order valence-corrected chi connectivity index (χ3v) is 1.35. The zero-order valence-electron chi connectivity index (χ0n) is 7.17. The van der Waals surface area contributed by atoms with Gasteiger partial charge in [-0.1, -0.05) is 17.2 Å². The molecule has 1 rings (SSSR count). The van der Waals surface area contributed by atoms with E-state index in [4.69, 9.17) is 15.0 Å². The van der Waals surface area contributed by atoms with Gasteiger partial charge < -0.3 is 9.47 Å². The second-order valence-electron chi connectivity index (χ2n) is 2.21. The first-order valence-electron chi connectivity index (χ1n) is 3.64. The molecule has 1 aromatic carbocycles. The summed E-state index contributed by atoms with van der Waals surface area (Å²) in [5, 5.41) is 3.46. The van der Waals surface area contributed by atoms with Crippen molar-refractivity contribution in [2.45, 2.75) is 0 Å². The number of hydrogen-bond acceptors (Lipinski definition) is 3. The second kappa shape index (κ2) is 5.03. The molecule has 0 saturated heterocycles. The first kappa shape index (κ1) is 9.38. The summed E-state index contributed by atoms with van der Waals surface area (Å²) in [4.78, 5) is 2.68. The summed E-state index contributed by atoms with van der Waals surface area (Å²) >= 11 is 0. The van der Waals surface area contributed by atoms with Crippen molar-refractivity contribution in [3.8, 4) is 5.75 Å². The molecule has 0 saturated carbocycles. The molecule has 13 heavy (non-hydrogen) atoms. The summed E-state index contributed by atoms with van der Waals surface area (Å²) < 4.78 is 9.87. The highest BCUT2D eigenvalue weighted by Crippen LogP contribution is 2.26. The molecular weight excluding hydrogens is 170 g/mol. The molecule has 0 spiro atoms. The minimum atomic E-state index is 0.137. The lowest BCUT2D eigenvalue weighted by molar-refractivity contribution is 0.0515. The summed E-state index contributed by atoms with van der Waals surface area (Å²) in [7, 11) is 1.52. The van der Waals surface area contributed by atoms with Crippen molar-refractivity contribution in [1.29, 1.82) is 0 Å². The minimum Gasteiger partial charge on any atom is -0.467 e. The average Bonchev–Trinajstić information content (AvgIpc) is 2.17. The van der Waals surface area contributed by atoms with Crippen LogP contribution in [0.2, 0.25) is 0 Å². The maximum atomic E-state index is 8.24. The van der Waals surface area contributed by atoms with Gasteiger partial charge in [0, 0.05) is 12.0 Å². The Morgan fingerprint density at radius 3 is 2.92 bits per heavy atom. The fraction of sp³-hybridized carbons (Fsp3) is 0.250. The highest BCUT2D eigenvalue weighted by Gasteiger charge is 1.98. The predicted molar refractivity (Wildman–Crippen MR) is 47.8 cm³/mol. The highest BCUT2D eigenvalue weighted by molar-refractivity contribution is 5.50. The number of ether oxygens (including phenoxy) is 2. The number of nitrogens with zero attached hydrogens (tertiary/aromatic N) is 3. The van der Waals surface area contributed by atoms with Crippen LogP contribution < -0.4 is 4.74 Å². The number of methoxy groups -OCH3 is 1. The van der Waals surface area contributed by atoms with E-state index in [1.54, 1.807) is 24.3 Å². The number of azide groups is 1. The van der Waals surface area contributed by atoms with Crippen LogP contribution in [0, 0.1) is 0 Å².